The van der Waals surface area contributed by atoms with E-state index in [1.165, 1.54) is 61.7 Å². The SMILES string of the molecule is O=C(CCCc1c[nH]c2ccccc12)N1CCCC2=C[C@H]3C[C@@H](CN4CCCCC34)C21. The predicted molar refractivity (Wildman–Crippen MR) is 125 cm³/mol. The number of H-pyrrole nitrogens is 1. The van der Waals surface area contributed by atoms with Crippen LogP contribution in [0.15, 0.2) is 42.1 Å². The average Bonchev–Trinajstić information content (AvgIpc) is 3.22. The number of nitrogens with zero attached hydrogens (tertiary/aromatic N) is 2. The number of para-hydroxylation sites is 1. The minimum atomic E-state index is 0.383. The standard InChI is InChI=1S/C27H35N3O/c31-26(12-5-7-20-17-28-24-10-2-1-9-23(20)24)30-14-6-8-19-15-21-16-22(27(19)30)18-29-13-4-3-11-25(21)29/h1-2,9-10,15,17,21-22,25,27-28H,3-8,11-14,16,18H2/t21-,22-,25?,27?/m0/s1. The number of carbonyl (C=O) groups is 1. The van der Waals surface area contributed by atoms with E-state index in [-0.39, 0.29) is 0 Å². The molecule has 0 saturated carbocycles. The van der Waals surface area contributed by atoms with Crippen molar-refractivity contribution < 1.29 is 4.79 Å². The zero-order valence-electron chi connectivity index (χ0n) is 18.6. The molecular formula is C27H35N3O. The Morgan fingerprint density at radius 3 is 3.03 bits per heavy atom. The molecule has 2 aromatic rings. The van der Waals surface area contributed by atoms with E-state index < -0.39 is 0 Å². The molecule has 0 spiro atoms. The molecular weight excluding hydrogens is 382 g/mol. The van der Waals surface area contributed by atoms with Crippen molar-refractivity contribution in [3.63, 3.8) is 0 Å². The summed E-state index contributed by atoms with van der Waals surface area (Å²) in [6.07, 6.45) is 15.1. The van der Waals surface area contributed by atoms with E-state index in [2.05, 4.69) is 51.3 Å². The minimum absolute atomic E-state index is 0.383. The Hall–Kier alpha value is -2.07. The molecule has 1 amide bonds. The highest BCUT2D eigenvalue weighted by molar-refractivity contribution is 5.83. The Morgan fingerprint density at radius 1 is 1.13 bits per heavy atom. The van der Waals surface area contributed by atoms with Gasteiger partial charge in [-0.1, -0.05) is 36.3 Å². The van der Waals surface area contributed by atoms with Gasteiger partial charge in [0.25, 0.3) is 0 Å². The van der Waals surface area contributed by atoms with Gasteiger partial charge in [-0.15, -0.1) is 0 Å². The van der Waals surface area contributed by atoms with Crippen LogP contribution in [0.4, 0.5) is 0 Å². The summed E-state index contributed by atoms with van der Waals surface area (Å²) in [6.45, 7) is 3.44. The Bertz CT molecular complexity index is 991. The van der Waals surface area contributed by atoms with Crippen LogP contribution in [-0.2, 0) is 11.2 Å². The summed E-state index contributed by atoms with van der Waals surface area (Å²) in [5.74, 6) is 1.77. The van der Waals surface area contributed by atoms with E-state index in [0.717, 1.165) is 37.8 Å². The van der Waals surface area contributed by atoms with Crippen molar-refractivity contribution in [2.75, 3.05) is 19.6 Å². The number of rotatable bonds is 4. The number of amides is 1. The summed E-state index contributed by atoms with van der Waals surface area (Å²) < 4.78 is 0. The van der Waals surface area contributed by atoms with Crippen LogP contribution in [0, 0.1) is 11.8 Å². The lowest BCUT2D eigenvalue weighted by atomic mass is 9.68. The van der Waals surface area contributed by atoms with Crippen molar-refractivity contribution in [1.82, 2.24) is 14.8 Å². The van der Waals surface area contributed by atoms with E-state index in [1.54, 1.807) is 5.57 Å². The van der Waals surface area contributed by atoms with Gasteiger partial charge in [0.15, 0.2) is 0 Å². The molecule has 4 atom stereocenters. The van der Waals surface area contributed by atoms with Crippen molar-refractivity contribution in [3.8, 4) is 0 Å². The zero-order chi connectivity index (χ0) is 20.8. The molecule has 4 heteroatoms. The minimum Gasteiger partial charge on any atom is -0.361 e. The number of aryl methyl sites for hydroxylation is 1. The van der Waals surface area contributed by atoms with Gasteiger partial charge < -0.3 is 9.88 Å². The summed E-state index contributed by atoms with van der Waals surface area (Å²) in [6, 6.07) is 9.63. The molecule has 2 bridgehead atoms. The molecule has 3 aliphatic heterocycles. The first kappa shape index (κ1) is 19.6. The molecule has 4 heterocycles. The molecule has 1 aliphatic carbocycles. The normalized spacial score (nSPS) is 30.6. The second kappa shape index (κ2) is 8.12. The maximum atomic E-state index is 13.4. The van der Waals surface area contributed by atoms with Crippen LogP contribution in [0.1, 0.15) is 56.9 Å². The van der Waals surface area contributed by atoms with Crippen LogP contribution in [0.2, 0.25) is 0 Å². The third kappa shape index (κ3) is 3.53. The molecule has 31 heavy (non-hydrogen) atoms. The van der Waals surface area contributed by atoms with Crippen LogP contribution >= 0.6 is 0 Å². The number of likely N-dealkylation sites (tertiary alicyclic amines) is 1. The highest BCUT2D eigenvalue weighted by Gasteiger charge is 2.46. The molecule has 164 valence electrons. The van der Waals surface area contributed by atoms with Crippen LogP contribution in [0.25, 0.3) is 10.9 Å². The third-order valence-electron chi connectivity index (χ3n) is 8.49. The second-order valence-corrected chi connectivity index (χ2v) is 10.3. The van der Waals surface area contributed by atoms with Gasteiger partial charge in [-0.05, 0) is 75.0 Å². The van der Waals surface area contributed by atoms with Crippen LogP contribution < -0.4 is 0 Å². The number of hydrogen-bond donors (Lipinski definition) is 1. The van der Waals surface area contributed by atoms with Crippen LogP contribution in [-0.4, -0.2) is 52.4 Å². The van der Waals surface area contributed by atoms with E-state index in [0.29, 0.717) is 24.3 Å². The molecule has 1 aromatic heterocycles. The summed E-state index contributed by atoms with van der Waals surface area (Å²) >= 11 is 0. The Kier molecular flexibility index (Phi) is 5.14. The number of piperidine rings is 3. The van der Waals surface area contributed by atoms with E-state index in [4.69, 9.17) is 0 Å². The number of aromatic nitrogens is 1. The Balaban J connectivity index is 1.14. The van der Waals surface area contributed by atoms with E-state index in [9.17, 15) is 4.79 Å². The van der Waals surface area contributed by atoms with E-state index >= 15 is 0 Å². The zero-order valence-corrected chi connectivity index (χ0v) is 18.6. The molecule has 6 rings (SSSR count). The third-order valence-corrected chi connectivity index (χ3v) is 8.49. The van der Waals surface area contributed by atoms with Crippen LogP contribution in [0.5, 0.6) is 0 Å². The van der Waals surface area contributed by atoms with Gasteiger partial charge in [-0.3, -0.25) is 9.69 Å². The van der Waals surface area contributed by atoms with Gasteiger partial charge >= 0.3 is 0 Å². The lowest BCUT2D eigenvalue weighted by Gasteiger charge is -2.54. The predicted octanol–water partition coefficient (Wildman–Crippen LogP) is 4.91. The number of nitrogens with one attached hydrogen (secondary N) is 1. The van der Waals surface area contributed by atoms with Gasteiger partial charge in [0.1, 0.15) is 0 Å². The molecule has 3 fully saturated rings. The van der Waals surface area contributed by atoms with Crippen molar-refractivity contribution in [2.24, 2.45) is 11.8 Å². The molecule has 4 aliphatic rings. The summed E-state index contributed by atoms with van der Waals surface area (Å²) in [5, 5.41) is 1.30. The monoisotopic (exact) mass is 417 g/mol. The summed E-state index contributed by atoms with van der Waals surface area (Å²) in [5.41, 5.74) is 4.13. The highest BCUT2D eigenvalue weighted by Crippen LogP contribution is 2.45. The first-order chi connectivity index (χ1) is 15.3. The molecule has 4 nitrogen and oxygen atoms in total. The fourth-order valence-electron chi connectivity index (χ4n) is 7.17. The molecule has 2 unspecified atom stereocenters. The number of carbonyl (C=O) groups excluding carboxylic acids is 1. The van der Waals surface area contributed by atoms with Gasteiger partial charge in [-0.25, -0.2) is 0 Å². The molecule has 1 N–H and O–H groups in total. The number of fused-ring (bicyclic) bond motifs is 7. The van der Waals surface area contributed by atoms with Gasteiger partial charge in [-0.2, -0.15) is 0 Å². The van der Waals surface area contributed by atoms with Gasteiger partial charge in [0, 0.05) is 42.7 Å². The number of benzene rings is 1. The van der Waals surface area contributed by atoms with Crippen molar-refractivity contribution in [2.45, 2.75) is 69.9 Å². The first-order valence-electron chi connectivity index (χ1n) is 12.6. The first-order valence-corrected chi connectivity index (χ1v) is 12.6. The van der Waals surface area contributed by atoms with Crippen LogP contribution in [0.3, 0.4) is 0 Å². The van der Waals surface area contributed by atoms with Crippen molar-refractivity contribution >= 4 is 16.8 Å². The van der Waals surface area contributed by atoms with Crippen molar-refractivity contribution in [1.29, 1.82) is 0 Å². The number of aromatic amines is 1. The fraction of sp³-hybridized carbons (Fsp3) is 0.593. The molecule has 3 saturated heterocycles. The van der Waals surface area contributed by atoms with Gasteiger partial charge in [0.2, 0.25) is 5.91 Å². The van der Waals surface area contributed by atoms with Gasteiger partial charge in [0.05, 0.1) is 6.04 Å². The lowest BCUT2D eigenvalue weighted by Crippen LogP contribution is -2.60. The topological polar surface area (TPSA) is 39.3 Å². The second-order valence-electron chi connectivity index (χ2n) is 10.3. The summed E-state index contributed by atoms with van der Waals surface area (Å²) in [7, 11) is 0. The highest BCUT2D eigenvalue weighted by atomic mass is 16.2. The van der Waals surface area contributed by atoms with Crippen molar-refractivity contribution in [3.05, 3.63) is 47.7 Å². The smallest absolute Gasteiger partial charge is 0.223 e. The summed E-state index contributed by atoms with van der Waals surface area (Å²) in [4.78, 5) is 21.8. The molecule has 1 aromatic carbocycles. The lowest BCUT2D eigenvalue weighted by molar-refractivity contribution is -0.136. The quantitative estimate of drug-likeness (QED) is 0.718. The Morgan fingerprint density at radius 2 is 2.06 bits per heavy atom. The maximum Gasteiger partial charge on any atom is 0.223 e. The molecule has 0 radical (unpaired) electrons. The number of hydrogen-bond acceptors (Lipinski definition) is 2. The maximum absolute atomic E-state index is 13.4. The fourth-order valence-corrected chi connectivity index (χ4v) is 7.17. The average molecular weight is 418 g/mol. The largest absolute Gasteiger partial charge is 0.361 e. The van der Waals surface area contributed by atoms with E-state index in [1.807, 2.05) is 0 Å². The Labute approximate surface area is 185 Å².